The van der Waals surface area contributed by atoms with Crippen molar-refractivity contribution < 1.29 is 24.3 Å². The van der Waals surface area contributed by atoms with Crippen LogP contribution in [0, 0.1) is 0 Å². The summed E-state index contributed by atoms with van der Waals surface area (Å²) in [6.07, 6.45) is -2.89. The number of carbonyl (C=O) groups excluding carboxylic acids is 1. The second-order valence-electron chi connectivity index (χ2n) is 2.71. The number of quaternary nitrogens is 1. The van der Waals surface area contributed by atoms with Crippen LogP contribution in [0.2, 0.25) is 0 Å². The standard InChI is InChI=1S/C6H10N2O4/c9-5(10)8(6(11)12)3-1-7-2-4-8/h7H,1-4H2,(H-,9,10,11,12). The minimum absolute atomic E-state index is 0.0394. The molecular formula is C6H10N2O4. The first-order chi connectivity index (χ1) is 5.59. The van der Waals surface area contributed by atoms with Gasteiger partial charge in [0.15, 0.2) is 0 Å². The Morgan fingerprint density at radius 2 is 1.83 bits per heavy atom. The van der Waals surface area contributed by atoms with Crippen molar-refractivity contribution >= 4 is 12.2 Å². The highest BCUT2D eigenvalue weighted by Crippen LogP contribution is 2.08. The van der Waals surface area contributed by atoms with Crippen LogP contribution >= 0.6 is 0 Å². The molecule has 1 aliphatic heterocycles. The average Bonchev–Trinajstić information content (AvgIpc) is 2.05. The van der Waals surface area contributed by atoms with Crippen LogP contribution in [0.5, 0.6) is 0 Å². The molecule has 68 valence electrons. The second kappa shape index (κ2) is 3.08. The first kappa shape index (κ1) is 8.95. The molecule has 12 heavy (non-hydrogen) atoms. The third-order valence-corrected chi connectivity index (χ3v) is 2.06. The molecule has 6 nitrogen and oxygen atoms in total. The van der Waals surface area contributed by atoms with E-state index in [9.17, 15) is 14.7 Å². The van der Waals surface area contributed by atoms with Gasteiger partial charge in [0.05, 0.1) is 0 Å². The van der Waals surface area contributed by atoms with Crippen LogP contribution in [-0.2, 0) is 0 Å². The van der Waals surface area contributed by atoms with Gasteiger partial charge in [-0.2, -0.15) is 9.28 Å². The molecule has 0 atom stereocenters. The number of amides is 2. The van der Waals surface area contributed by atoms with Crippen LogP contribution in [0.25, 0.3) is 0 Å². The number of nitrogens with one attached hydrogen (secondary N) is 1. The van der Waals surface area contributed by atoms with Gasteiger partial charge >= 0.3 is 6.09 Å². The number of hydrogen-bond donors (Lipinski definition) is 2. The van der Waals surface area contributed by atoms with Crippen molar-refractivity contribution in [2.75, 3.05) is 26.2 Å². The minimum Gasteiger partial charge on any atom is -0.498 e. The summed E-state index contributed by atoms with van der Waals surface area (Å²) in [5, 5.41) is 22.1. The number of hydrogen-bond acceptors (Lipinski definition) is 4. The summed E-state index contributed by atoms with van der Waals surface area (Å²) < 4.78 is -0.979. The van der Waals surface area contributed by atoms with Crippen molar-refractivity contribution in [2.24, 2.45) is 0 Å². The van der Waals surface area contributed by atoms with Gasteiger partial charge in [-0.15, -0.1) is 0 Å². The minimum atomic E-state index is -1.54. The SMILES string of the molecule is O=C([O-])[N+]1(C(=O)O)CCNCC1. The van der Waals surface area contributed by atoms with E-state index in [4.69, 9.17) is 5.11 Å². The molecule has 0 aromatic carbocycles. The molecule has 0 bridgehead atoms. The van der Waals surface area contributed by atoms with E-state index in [2.05, 4.69) is 5.32 Å². The quantitative estimate of drug-likeness (QED) is 0.433. The molecule has 1 aliphatic rings. The zero-order valence-electron chi connectivity index (χ0n) is 6.45. The lowest BCUT2D eigenvalue weighted by Crippen LogP contribution is -2.67. The number of nitrogens with zero attached hydrogens (tertiary/aromatic N) is 1. The molecule has 0 spiro atoms. The van der Waals surface area contributed by atoms with Crippen molar-refractivity contribution in [1.82, 2.24) is 5.32 Å². The molecule has 0 radical (unpaired) electrons. The van der Waals surface area contributed by atoms with Crippen molar-refractivity contribution in [3.63, 3.8) is 0 Å². The van der Waals surface area contributed by atoms with Gasteiger partial charge in [-0.1, -0.05) is 0 Å². The normalized spacial score (nSPS) is 21.7. The van der Waals surface area contributed by atoms with E-state index in [1.165, 1.54) is 0 Å². The van der Waals surface area contributed by atoms with Gasteiger partial charge in [-0.25, -0.2) is 0 Å². The van der Waals surface area contributed by atoms with E-state index in [1.54, 1.807) is 0 Å². The van der Waals surface area contributed by atoms with Crippen molar-refractivity contribution in [2.45, 2.75) is 0 Å². The molecule has 0 aliphatic carbocycles. The predicted octanol–water partition coefficient (Wildman–Crippen LogP) is -1.57. The number of carbonyl (C=O) groups is 2. The van der Waals surface area contributed by atoms with Gasteiger partial charge in [0.25, 0.3) is 6.09 Å². The number of imide groups is 1. The maximum absolute atomic E-state index is 10.6. The smallest absolute Gasteiger partial charge is 0.498 e. The first-order valence-electron chi connectivity index (χ1n) is 3.62. The van der Waals surface area contributed by atoms with Gasteiger partial charge in [0.1, 0.15) is 13.1 Å². The molecule has 6 heteroatoms. The monoisotopic (exact) mass is 174 g/mol. The molecular weight excluding hydrogens is 164 g/mol. The number of rotatable bonds is 0. The Labute approximate surface area is 69.0 Å². The van der Waals surface area contributed by atoms with Crippen LogP contribution < -0.4 is 10.4 Å². The molecule has 1 heterocycles. The van der Waals surface area contributed by atoms with Crippen molar-refractivity contribution in [3.8, 4) is 0 Å². The topological polar surface area (TPSA) is 89.5 Å². The molecule has 2 amide bonds. The van der Waals surface area contributed by atoms with E-state index in [1.807, 2.05) is 0 Å². The van der Waals surface area contributed by atoms with Crippen LogP contribution in [-0.4, -0.2) is 48.0 Å². The van der Waals surface area contributed by atoms with Crippen LogP contribution in [0.3, 0.4) is 0 Å². The predicted molar refractivity (Wildman–Crippen MR) is 36.3 cm³/mol. The average molecular weight is 174 g/mol. The maximum atomic E-state index is 10.6. The molecule has 1 saturated heterocycles. The number of piperazine rings is 1. The Kier molecular flexibility index (Phi) is 2.30. The summed E-state index contributed by atoms with van der Waals surface area (Å²) in [4.78, 5) is 21.2. The fourth-order valence-electron chi connectivity index (χ4n) is 1.23. The highest BCUT2D eigenvalue weighted by atomic mass is 16.4. The Morgan fingerprint density at radius 3 is 2.08 bits per heavy atom. The summed E-state index contributed by atoms with van der Waals surface area (Å²) in [5.74, 6) is 0. The fraction of sp³-hybridized carbons (Fsp3) is 0.667. The lowest BCUT2D eigenvalue weighted by molar-refractivity contribution is -0.809. The zero-order chi connectivity index (χ0) is 9.19. The van der Waals surface area contributed by atoms with E-state index in [0.29, 0.717) is 13.1 Å². The lowest BCUT2D eigenvalue weighted by Gasteiger charge is -2.34. The van der Waals surface area contributed by atoms with Gasteiger partial charge in [-0.05, 0) is 0 Å². The summed E-state index contributed by atoms with van der Waals surface area (Å²) in [6, 6.07) is 0. The summed E-state index contributed by atoms with van der Waals surface area (Å²) in [7, 11) is 0. The third kappa shape index (κ3) is 1.26. The first-order valence-corrected chi connectivity index (χ1v) is 3.62. The Morgan fingerprint density at radius 1 is 1.33 bits per heavy atom. The molecule has 1 fully saturated rings. The summed E-state index contributed by atoms with van der Waals surface area (Å²) in [6.45, 7) is 0.857. The third-order valence-electron chi connectivity index (χ3n) is 2.06. The van der Waals surface area contributed by atoms with Gasteiger partial charge < -0.3 is 20.3 Å². The molecule has 0 aromatic heterocycles. The Hall–Kier alpha value is -1.14. The Bertz CT molecular complexity index is 194. The van der Waals surface area contributed by atoms with Crippen molar-refractivity contribution in [3.05, 3.63) is 0 Å². The molecule has 0 unspecified atom stereocenters. The summed E-state index contributed by atoms with van der Waals surface area (Å²) >= 11 is 0. The molecule has 2 N–H and O–H groups in total. The maximum Gasteiger partial charge on any atom is 0.519 e. The Balaban J connectivity index is 2.84. The van der Waals surface area contributed by atoms with Crippen LogP contribution in [0.4, 0.5) is 9.59 Å². The molecule has 1 rings (SSSR count). The largest absolute Gasteiger partial charge is 0.519 e. The van der Waals surface area contributed by atoms with Gasteiger partial charge in [-0.3, -0.25) is 0 Å². The van der Waals surface area contributed by atoms with Crippen LogP contribution in [0.1, 0.15) is 0 Å². The second-order valence-corrected chi connectivity index (χ2v) is 2.71. The van der Waals surface area contributed by atoms with E-state index < -0.39 is 16.7 Å². The van der Waals surface area contributed by atoms with E-state index in [0.717, 1.165) is 0 Å². The van der Waals surface area contributed by atoms with Crippen LogP contribution in [0.15, 0.2) is 0 Å². The highest BCUT2D eigenvalue weighted by molar-refractivity contribution is 5.72. The molecule has 0 aromatic rings. The van der Waals surface area contributed by atoms with Crippen molar-refractivity contribution in [1.29, 1.82) is 0 Å². The zero-order valence-corrected chi connectivity index (χ0v) is 6.45. The lowest BCUT2D eigenvalue weighted by atomic mass is 10.3. The van der Waals surface area contributed by atoms with Gasteiger partial charge in [0, 0.05) is 13.1 Å². The molecule has 0 saturated carbocycles. The highest BCUT2D eigenvalue weighted by Gasteiger charge is 2.40. The van der Waals surface area contributed by atoms with E-state index in [-0.39, 0.29) is 13.1 Å². The van der Waals surface area contributed by atoms with Gasteiger partial charge in [0.2, 0.25) is 0 Å². The fourth-order valence-corrected chi connectivity index (χ4v) is 1.23. The number of carboxylic acid groups (broad SMARTS) is 2. The van der Waals surface area contributed by atoms with E-state index >= 15 is 0 Å². The summed E-state index contributed by atoms with van der Waals surface area (Å²) in [5.41, 5.74) is 0.